The van der Waals surface area contributed by atoms with E-state index in [1.54, 1.807) is 0 Å². The molecule has 0 spiro atoms. The number of hydrogen-bond donors (Lipinski definition) is 1. The molecule has 0 saturated carbocycles. The summed E-state index contributed by atoms with van der Waals surface area (Å²) in [4.78, 5) is 11.7. The van der Waals surface area contributed by atoms with Gasteiger partial charge in [0.1, 0.15) is 0 Å². The van der Waals surface area contributed by atoms with Crippen LogP contribution in [-0.4, -0.2) is 16.8 Å². The van der Waals surface area contributed by atoms with Gasteiger partial charge in [-0.3, -0.25) is 4.79 Å². The van der Waals surface area contributed by atoms with E-state index in [0.717, 1.165) is 6.42 Å². The standard InChI is InChI=1S/C9H18BrNO/c1-6(2)9(12)11-8(4)5-7(3)10/h6-8H,5H2,1-4H3,(H,11,12). The number of carbonyl (C=O) groups excluding carboxylic acids is 1. The molecular weight excluding hydrogens is 218 g/mol. The van der Waals surface area contributed by atoms with Gasteiger partial charge in [0, 0.05) is 16.8 Å². The van der Waals surface area contributed by atoms with Crippen molar-refractivity contribution in [1.29, 1.82) is 0 Å². The molecule has 0 aromatic heterocycles. The van der Waals surface area contributed by atoms with E-state index in [0.29, 0.717) is 4.83 Å². The van der Waals surface area contributed by atoms with Gasteiger partial charge in [0.05, 0.1) is 0 Å². The van der Waals surface area contributed by atoms with Crippen molar-refractivity contribution in [2.24, 2.45) is 5.92 Å². The Labute approximate surface area is 83.2 Å². The molecule has 0 fully saturated rings. The van der Waals surface area contributed by atoms with E-state index < -0.39 is 0 Å². The Bertz CT molecular complexity index is 145. The van der Waals surface area contributed by atoms with Gasteiger partial charge < -0.3 is 5.32 Å². The van der Waals surface area contributed by atoms with Gasteiger partial charge in [0.2, 0.25) is 5.91 Å². The van der Waals surface area contributed by atoms with Crippen molar-refractivity contribution in [2.75, 3.05) is 0 Å². The molecule has 12 heavy (non-hydrogen) atoms. The first-order chi connectivity index (χ1) is 5.43. The van der Waals surface area contributed by atoms with Crippen LogP contribution in [0, 0.1) is 5.92 Å². The smallest absolute Gasteiger partial charge is 0.222 e. The van der Waals surface area contributed by atoms with Crippen LogP contribution in [0.15, 0.2) is 0 Å². The van der Waals surface area contributed by atoms with Gasteiger partial charge in [-0.2, -0.15) is 0 Å². The Morgan fingerprint density at radius 3 is 2.17 bits per heavy atom. The minimum Gasteiger partial charge on any atom is -0.353 e. The second-order valence-corrected chi connectivity index (χ2v) is 5.14. The van der Waals surface area contributed by atoms with Crippen LogP contribution in [-0.2, 0) is 4.79 Å². The minimum absolute atomic E-state index is 0.0816. The van der Waals surface area contributed by atoms with Crippen LogP contribution in [0.4, 0.5) is 0 Å². The Balaban J connectivity index is 3.69. The van der Waals surface area contributed by atoms with Crippen molar-refractivity contribution in [1.82, 2.24) is 5.32 Å². The zero-order chi connectivity index (χ0) is 9.72. The van der Waals surface area contributed by atoms with Crippen molar-refractivity contribution in [3.8, 4) is 0 Å². The van der Waals surface area contributed by atoms with Crippen LogP contribution in [0.2, 0.25) is 0 Å². The lowest BCUT2D eigenvalue weighted by Gasteiger charge is -2.16. The molecule has 2 nitrogen and oxygen atoms in total. The monoisotopic (exact) mass is 235 g/mol. The van der Waals surface area contributed by atoms with E-state index >= 15 is 0 Å². The van der Waals surface area contributed by atoms with Crippen LogP contribution in [0.5, 0.6) is 0 Å². The highest BCUT2D eigenvalue weighted by Gasteiger charge is 2.11. The molecule has 0 aliphatic carbocycles. The molecule has 2 atom stereocenters. The van der Waals surface area contributed by atoms with Crippen LogP contribution in [0.1, 0.15) is 34.1 Å². The summed E-state index contributed by atoms with van der Waals surface area (Å²) in [5.41, 5.74) is 0. The number of nitrogens with one attached hydrogen (secondary N) is 1. The molecule has 0 aromatic rings. The summed E-state index contributed by atoms with van der Waals surface area (Å²) in [6.45, 7) is 7.91. The Kier molecular flexibility index (Phi) is 5.55. The van der Waals surface area contributed by atoms with E-state index in [1.165, 1.54) is 0 Å². The highest BCUT2D eigenvalue weighted by molar-refractivity contribution is 9.09. The number of alkyl halides is 1. The third kappa shape index (κ3) is 5.58. The van der Waals surface area contributed by atoms with Crippen LogP contribution in [0.25, 0.3) is 0 Å². The van der Waals surface area contributed by atoms with Crippen molar-refractivity contribution in [3.63, 3.8) is 0 Å². The molecule has 0 saturated heterocycles. The highest BCUT2D eigenvalue weighted by Crippen LogP contribution is 2.07. The van der Waals surface area contributed by atoms with Crippen molar-refractivity contribution < 1.29 is 4.79 Å². The molecule has 2 unspecified atom stereocenters. The molecule has 1 amide bonds. The van der Waals surface area contributed by atoms with E-state index in [-0.39, 0.29) is 17.9 Å². The fourth-order valence-corrected chi connectivity index (χ4v) is 1.52. The second-order valence-electron chi connectivity index (χ2n) is 3.58. The molecule has 3 heteroatoms. The molecule has 1 N–H and O–H groups in total. The predicted octanol–water partition coefficient (Wildman–Crippen LogP) is 2.32. The van der Waals surface area contributed by atoms with Gasteiger partial charge in [-0.25, -0.2) is 0 Å². The number of amides is 1. The molecule has 0 aromatic carbocycles. The third-order valence-electron chi connectivity index (χ3n) is 1.59. The van der Waals surface area contributed by atoms with Crippen molar-refractivity contribution in [3.05, 3.63) is 0 Å². The molecule has 0 rings (SSSR count). The van der Waals surface area contributed by atoms with Gasteiger partial charge in [0.25, 0.3) is 0 Å². The first-order valence-corrected chi connectivity index (χ1v) is 5.29. The first kappa shape index (κ1) is 11.9. The zero-order valence-electron chi connectivity index (χ0n) is 8.23. The minimum atomic E-state index is 0.0816. The summed E-state index contributed by atoms with van der Waals surface area (Å²) in [5, 5.41) is 2.94. The van der Waals surface area contributed by atoms with E-state index in [2.05, 4.69) is 28.2 Å². The molecule has 0 radical (unpaired) electrons. The Hall–Kier alpha value is -0.0500. The maximum Gasteiger partial charge on any atom is 0.222 e. The van der Waals surface area contributed by atoms with Gasteiger partial charge in [-0.1, -0.05) is 36.7 Å². The largest absolute Gasteiger partial charge is 0.353 e. The average molecular weight is 236 g/mol. The van der Waals surface area contributed by atoms with Crippen LogP contribution >= 0.6 is 15.9 Å². The number of hydrogen-bond acceptors (Lipinski definition) is 1. The quantitative estimate of drug-likeness (QED) is 0.745. The summed E-state index contributed by atoms with van der Waals surface area (Å²) in [5.74, 6) is 0.216. The predicted molar refractivity (Wildman–Crippen MR) is 55.4 cm³/mol. The summed E-state index contributed by atoms with van der Waals surface area (Å²) in [6, 6.07) is 0.259. The van der Waals surface area contributed by atoms with Crippen LogP contribution < -0.4 is 5.32 Å². The van der Waals surface area contributed by atoms with Gasteiger partial charge >= 0.3 is 0 Å². The highest BCUT2D eigenvalue weighted by atomic mass is 79.9. The van der Waals surface area contributed by atoms with Gasteiger partial charge in [0.15, 0.2) is 0 Å². The lowest BCUT2D eigenvalue weighted by molar-refractivity contribution is -0.124. The summed E-state index contributed by atoms with van der Waals surface area (Å²) >= 11 is 3.45. The molecule has 0 bridgehead atoms. The summed E-state index contributed by atoms with van der Waals surface area (Å²) in [6.07, 6.45) is 0.971. The number of carbonyl (C=O) groups is 1. The molecule has 72 valence electrons. The summed E-state index contributed by atoms with van der Waals surface area (Å²) < 4.78 is 0. The van der Waals surface area contributed by atoms with Crippen molar-refractivity contribution in [2.45, 2.75) is 45.0 Å². The SMILES string of the molecule is CC(Br)CC(C)NC(=O)C(C)C. The fourth-order valence-electron chi connectivity index (χ4n) is 0.956. The van der Waals surface area contributed by atoms with Gasteiger partial charge in [-0.05, 0) is 13.3 Å². The number of rotatable bonds is 4. The third-order valence-corrected chi connectivity index (χ3v) is 1.97. The van der Waals surface area contributed by atoms with Crippen LogP contribution in [0.3, 0.4) is 0 Å². The van der Waals surface area contributed by atoms with E-state index in [1.807, 2.05) is 20.8 Å². The van der Waals surface area contributed by atoms with E-state index in [4.69, 9.17) is 0 Å². The second kappa shape index (κ2) is 5.57. The lowest BCUT2D eigenvalue weighted by atomic mass is 10.1. The molecule has 0 heterocycles. The average Bonchev–Trinajstić information content (AvgIpc) is 1.84. The number of halogens is 1. The fraction of sp³-hybridized carbons (Fsp3) is 0.889. The van der Waals surface area contributed by atoms with Gasteiger partial charge in [-0.15, -0.1) is 0 Å². The Morgan fingerprint density at radius 2 is 1.83 bits per heavy atom. The molecule has 0 aliphatic heterocycles. The first-order valence-electron chi connectivity index (χ1n) is 4.38. The molecular formula is C9H18BrNO. The lowest BCUT2D eigenvalue weighted by Crippen LogP contribution is -2.36. The molecule has 0 aliphatic rings. The van der Waals surface area contributed by atoms with Crippen molar-refractivity contribution >= 4 is 21.8 Å². The Morgan fingerprint density at radius 1 is 1.33 bits per heavy atom. The maximum absolute atomic E-state index is 11.2. The van der Waals surface area contributed by atoms with E-state index in [9.17, 15) is 4.79 Å². The topological polar surface area (TPSA) is 29.1 Å². The zero-order valence-corrected chi connectivity index (χ0v) is 9.81. The normalized spacial score (nSPS) is 15.8. The summed E-state index contributed by atoms with van der Waals surface area (Å²) in [7, 11) is 0. The maximum atomic E-state index is 11.2.